The minimum absolute atomic E-state index is 0.0394. The summed E-state index contributed by atoms with van der Waals surface area (Å²) in [5.41, 5.74) is 13.3. The van der Waals surface area contributed by atoms with Gasteiger partial charge in [0.2, 0.25) is 11.8 Å². The number of benzene rings is 5. The van der Waals surface area contributed by atoms with Crippen molar-refractivity contribution >= 4 is 23.2 Å². The van der Waals surface area contributed by atoms with Gasteiger partial charge in [0, 0.05) is 44.5 Å². The van der Waals surface area contributed by atoms with Crippen LogP contribution < -0.4 is 16.4 Å². The van der Waals surface area contributed by atoms with E-state index in [9.17, 15) is 24.9 Å². The van der Waals surface area contributed by atoms with Crippen LogP contribution in [0.15, 0.2) is 121 Å². The highest BCUT2D eigenvalue weighted by Crippen LogP contribution is 2.39. The molecule has 57 heavy (non-hydrogen) atoms. The largest absolute Gasteiger partial charge is 0.508 e. The molecule has 1 aliphatic rings. The molecule has 7 N–H and O–H groups in total. The Labute approximate surface area is 334 Å². The number of hydrogen-bond acceptors (Lipinski definition) is 9. The van der Waals surface area contributed by atoms with Gasteiger partial charge in [-0.25, -0.2) is 0 Å². The van der Waals surface area contributed by atoms with Gasteiger partial charge >= 0.3 is 0 Å². The Kier molecular flexibility index (Phi) is 14.4. The van der Waals surface area contributed by atoms with Gasteiger partial charge in [0.25, 0.3) is 0 Å². The second-order valence-electron chi connectivity index (χ2n) is 14.6. The molecule has 1 aliphatic heterocycles. The highest BCUT2D eigenvalue weighted by molar-refractivity contribution is 5.93. The van der Waals surface area contributed by atoms with E-state index < -0.39 is 12.4 Å². The lowest BCUT2D eigenvalue weighted by Crippen LogP contribution is -2.39. The molecule has 0 spiro atoms. The molecule has 0 aliphatic carbocycles. The van der Waals surface area contributed by atoms with Crippen molar-refractivity contribution in [3.8, 4) is 16.9 Å². The lowest BCUT2D eigenvalue weighted by molar-refractivity contribution is -0.252. The Morgan fingerprint density at radius 2 is 1.54 bits per heavy atom. The Bertz CT molecular complexity index is 2070. The maximum Gasteiger partial charge on any atom is 0.224 e. The molecule has 6 rings (SSSR count). The molecule has 5 aromatic rings. The molecule has 4 atom stereocenters. The second-order valence-corrected chi connectivity index (χ2v) is 14.6. The van der Waals surface area contributed by atoms with Crippen LogP contribution in [-0.4, -0.2) is 58.3 Å². The number of anilines is 2. The molecule has 1 fully saturated rings. The third-order valence-electron chi connectivity index (χ3n) is 10.1. The number of nitrogens with one attached hydrogen (secondary N) is 2. The molecule has 0 unspecified atom stereocenters. The fourth-order valence-electron chi connectivity index (χ4n) is 7.04. The van der Waals surface area contributed by atoms with E-state index in [1.165, 1.54) is 0 Å². The predicted molar refractivity (Wildman–Crippen MR) is 221 cm³/mol. The van der Waals surface area contributed by atoms with Gasteiger partial charge in [0.1, 0.15) is 5.75 Å². The van der Waals surface area contributed by atoms with Gasteiger partial charge in [-0.3, -0.25) is 9.59 Å². The molecule has 2 amide bonds. The number of phenolic OH excluding ortho intramolecular Hbond substituents is 1. The van der Waals surface area contributed by atoms with Crippen LogP contribution in [0.1, 0.15) is 78.4 Å². The average Bonchev–Trinajstić information content (AvgIpc) is 3.22. The molecule has 0 aromatic heterocycles. The summed E-state index contributed by atoms with van der Waals surface area (Å²) >= 11 is 0. The standard InChI is InChI=1S/C46H52N4O7/c1-50(29-42(53)35-10-8-11-37(52)25-35)28-38-26-43(33-19-17-31(30-51)18-20-33)57-46(56-38)34-23-21-32(22-24-34)39-12-3-2-9-36(39)27-48-44(54)15-6-7-16-45(55)49-41-14-5-4-13-40(41)47/h2-5,8-14,17-25,38,42-43,46,51-53H,6-7,15-16,26-30,47H2,1H3,(H,48,54)(H,49,55)/t38-,42-,43+,46+/m1/s1. The zero-order chi connectivity index (χ0) is 40.1. The number of likely N-dealkylation sites (N-methyl/N-ethyl adjacent to an activating group) is 1. The van der Waals surface area contributed by atoms with Gasteiger partial charge in [-0.05, 0) is 77.5 Å². The van der Waals surface area contributed by atoms with Gasteiger partial charge in [0.15, 0.2) is 6.29 Å². The smallest absolute Gasteiger partial charge is 0.224 e. The predicted octanol–water partition coefficient (Wildman–Crippen LogP) is 7.16. The number of unbranched alkanes of at least 4 members (excludes halogenated alkanes) is 1. The number of nitrogen functional groups attached to an aromatic ring is 1. The van der Waals surface area contributed by atoms with E-state index in [-0.39, 0.29) is 36.4 Å². The van der Waals surface area contributed by atoms with Gasteiger partial charge in [-0.1, -0.05) is 97.1 Å². The molecule has 0 bridgehead atoms. The lowest BCUT2D eigenvalue weighted by atomic mass is 9.97. The van der Waals surface area contributed by atoms with E-state index >= 15 is 0 Å². The van der Waals surface area contributed by atoms with E-state index in [0.29, 0.717) is 68.7 Å². The first-order chi connectivity index (χ1) is 27.6. The molecule has 0 radical (unpaired) electrons. The van der Waals surface area contributed by atoms with Crippen molar-refractivity contribution in [2.75, 3.05) is 31.2 Å². The number of rotatable bonds is 17. The van der Waals surface area contributed by atoms with Crippen molar-refractivity contribution in [2.45, 2.75) is 69.9 Å². The summed E-state index contributed by atoms with van der Waals surface area (Å²) < 4.78 is 13.1. The number of carbonyl (C=O) groups is 2. The molecule has 5 aromatic carbocycles. The summed E-state index contributed by atoms with van der Waals surface area (Å²) in [5.74, 6) is -0.0954. The Morgan fingerprint density at radius 1 is 0.842 bits per heavy atom. The average molecular weight is 773 g/mol. The van der Waals surface area contributed by atoms with E-state index in [0.717, 1.165) is 33.4 Å². The molecular formula is C46H52N4O7. The first-order valence-corrected chi connectivity index (χ1v) is 19.4. The van der Waals surface area contributed by atoms with E-state index in [1.54, 1.807) is 36.4 Å². The lowest BCUT2D eigenvalue weighted by Gasteiger charge is -2.38. The van der Waals surface area contributed by atoms with Crippen LogP contribution in [0.3, 0.4) is 0 Å². The maximum absolute atomic E-state index is 12.8. The normalized spacial score (nSPS) is 17.2. The van der Waals surface area contributed by atoms with Crippen LogP contribution in [0.4, 0.5) is 11.4 Å². The Morgan fingerprint density at radius 3 is 2.28 bits per heavy atom. The molecular weight excluding hydrogens is 721 g/mol. The van der Waals surface area contributed by atoms with Crippen LogP contribution in [0.25, 0.3) is 11.1 Å². The van der Waals surface area contributed by atoms with Crippen molar-refractivity contribution in [1.29, 1.82) is 0 Å². The van der Waals surface area contributed by atoms with E-state index in [2.05, 4.69) is 10.6 Å². The first kappa shape index (κ1) is 41.1. The van der Waals surface area contributed by atoms with Crippen molar-refractivity contribution in [3.63, 3.8) is 0 Å². The number of amides is 2. The van der Waals surface area contributed by atoms with Gasteiger partial charge < -0.3 is 46.1 Å². The number of aliphatic hydroxyl groups is 2. The van der Waals surface area contributed by atoms with Crippen LogP contribution in [-0.2, 0) is 32.2 Å². The first-order valence-electron chi connectivity index (χ1n) is 19.4. The van der Waals surface area contributed by atoms with Crippen LogP contribution in [0.2, 0.25) is 0 Å². The number of carbonyl (C=O) groups excluding carboxylic acids is 2. The quantitative estimate of drug-likeness (QED) is 0.0425. The monoisotopic (exact) mass is 772 g/mol. The summed E-state index contributed by atoms with van der Waals surface area (Å²) in [4.78, 5) is 27.1. The number of para-hydroxylation sites is 2. The summed E-state index contributed by atoms with van der Waals surface area (Å²) in [6.45, 7) is 1.22. The topological polar surface area (TPSA) is 167 Å². The second kappa shape index (κ2) is 20.0. The van der Waals surface area contributed by atoms with E-state index in [1.807, 2.05) is 96.9 Å². The van der Waals surface area contributed by atoms with Crippen LogP contribution in [0, 0.1) is 0 Å². The molecule has 11 heteroatoms. The number of aliphatic hydroxyl groups excluding tert-OH is 2. The number of aromatic hydroxyl groups is 1. The van der Waals surface area contributed by atoms with Crippen molar-refractivity contribution in [3.05, 3.63) is 149 Å². The highest BCUT2D eigenvalue weighted by atomic mass is 16.7. The third-order valence-corrected chi connectivity index (χ3v) is 10.1. The summed E-state index contributed by atoms with van der Waals surface area (Å²) in [7, 11) is 1.94. The molecule has 11 nitrogen and oxygen atoms in total. The fraction of sp³-hybridized carbons (Fsp3) is 0.304. The zero-order valence-corrected chi connectivity index (χ0v) is 32.2. The molecule has 298 valence electrons. The summed E-state index contributed by atoms with van der Waals surface area (Å²) in [5, 5.41) is 36.2. The number of nitrogens with two attached hydrogens (primary N) is 1. The SMILES string of the molecule is CN(C[C@H]1C[C@@H](c2ccc(CO)cc2)O[C@@H](c2ccc(-c3ccccc3CNC(=O)CCCCC(=O)Nc3ccccc3N)cc2)O1)C[C@@H](O)c1cccc(O)c1. The van der Waals surface area contributed by atoms with E-state index in [4.69, 9.17) is 15.2 Å². The van der Waals surface area contributed by atoms with Crippen LogP contribution >= 0.6 is 0 Å². The minimum Gasteiger partial charge on any atom is -0.508 e. The zero-order valence-electron chi connectivity index (χ0n) is 32.2. The van der Waals surface area contributed by atoms with Crippen molar-refractivity contribution in [2.24, 2.45) is 0 Å². The Balaban J connectivity index is 1.06. The van der Waals surface area contributed by atoms with Crippen molar-refractivity contribution in [1.82, 2.24) is 10.2 Å². The highest BCUT2D eigenvalue weighted by Gasteiger charge is 2.33. The van der Waals surface area contributed by atoms with Crippen LogP contribution in [0.5, 0.6) is 5.75 Å². The number of hydrogen-bond donors (Lipinski definition) is 6. The fourth-order valence-corrected chi connectivity index (χ4v) is 7.04. The molecule has 1 saturated heterocycles. The number of phenols is 1. The number of nitrogens with zero attached hydrogens (tertiary/aromatic N) is 1. The number of ether oxygens (including phenoxy) is 2. The third kappa shape index (κ3) is 11.7. The minimum atomic E-state index is -0.783. The van der Waals surface area contributed by atoms with Crippen molar-refractivity contribution < 1.29 is 34.4 Å². The molecule has 0 saturated carbocycles. The molecule has 1 heterocycles. The van der Waals surface area contributed by atoms with Gasteiger partial charge in [-0.2, -0.15) is 0 Å². The van der Waals surface area contributed by atoms with Gasteiger partial charge in [0.05, 0.1) is 36.3 Å². The van der Waals surface area contributed by atoms with Gasteiger partial charge in [-0.15, -0.1) is 0 Å². The summed E-state index contributed by atoms with van der Waals surface area (Å²) in [6.07, 6.45) is 0.475. The Hall–Kier alpha value is -5.56. The summed E-state index contributed by atoms with van der Waals surface area (Å²) in [6, 6.07) is 37.6. The maximum atomic E-state index is 12.8.